The number of pyridine rings is 1. The molecule has 17 heavy (non-hydrogen) atoms. The second-order valence-corrected chi connectivity index (χ2v) is 4.96. The molecule has 3 nitrogen and oxygen atoms in total. The number of nitrogens with zero attached hydrogens (tertiary/aromatic N) is 2. The molecule has 0 aliphatic rings. The van der Waals surface area contributed by atoms with Gasteiger partial charge in [0.1, 0.15) is 10.5 Å². The molecule has 2 heterocycles. The van der Waals surface area contributed by atoms with Gasteiger partial charge in [0, 0.05) is 17.4 Å². The number of thiazole rings is 1. The molecule has 0 atom stereocenters. The molecule has 0 saturated heterocycles. The van der Waals surface area contributed by atoms with E-state index < -0.39 is 0 Å². The molecule has 0 radical (unpaired) electrons. The number of rotatable bonds is 1. The summed E-state index contributed by atoms with van der Waals surface area (Å²) in [4.78, 5) is 8.64. The number of anilines is 1. The van der Waals surface area contributed by atoms with Crippen LogP contribution in [0.3, 0.4) is 0 Å². The monoisotopic (exact) mass is 241 g/mol. The van der Waals surface area contributed by atoms with Gasteiger partial charge in [-0.1, -0.05) is 0 Å². The second-order valence-electron chi connectivity index (χ2n) is 3.93. The van der Waals surface area contributed by atoms with Crippen LogP contribution in [-0.4, -0.2) is 9.97 Å². The molecule has 0 bridgehead atoms. The Morgan fingerprint density at radius 2 is 2.12 bits per heavy atom. The van der Waals surface area contributed by atoms with Crippen LogP contribution in [0.25, 0.3) is 20.8 Å². The van der Waals surface area contributed by atoms with E-state index in [1.165, 1.54) is 0 Å². The lowest BCUT2D eigenvalue weighted by molar-refractivity contribution is 1.34. The number of aromatic nitrogens is 2. The Morgan fingerprint density at radius 1 is 1.24 bits per heavy atom. The predicted octanol–water partition coefficient (Wildman–Crippen LogP) is 3.25. The summed E-state index contributed by atoms with van der Waals surface area (Å²) in [6, 6.07) is 7.99. The van der Waals surface area contributed by atoms with E-state index in [0.29, 0.717) is 0 Å². The summed E-state index contributed by atoms with van der Waals surface area (Å²) in [5.74, 6) is 0. The van der Waals surface area contributed by atoms with Crippen molar-refractivity contribution < 1.29 is 0 Å². The lowest BCUT2D eigenvalue weighted by Gasteiger charge is -2.01. The third-order valence-corrected chi connectivity index (χ3v) is 3.79. The molecule has 0 unspecified atom stereocenters. The zero-order valence-corrected chi connectivity index (χ0v) is 10.2. The van der Waals surface area contributed by atoms with Crippen LogP contribution in [0.4, 0.5) is 5.69 Å². The van der Waals surface area contributed by atoms with Gasteiger partial charge in [-0.25, -0.2) is 4.98 Å². The first-order valence-electron chi connectivity index (χ1n) is 5.31. The largest absolute Gasteiger partial charge is 0.399 e. The second kappa shape index (κ2) is 3.82. The molecule has 0 amide bonds. The van der Waals surface area contributed by atoms with Gasteiger partial charge in [-0.15, -0.1) is 11.3 Å². The van der Waals surface area contributed by atoms with Crippen LogP contribution < -0.4 is 5.73 Å². The van der Waals surface area contributed by atoms with Crippen LogP contribution in [0.1, 0.15) is 5.56 Å². The van der Waals surface area contributed by atoms with Gasteiger partial charge >= 0.3 is 0 Å². The van der Waals surface area contributed by atoms with Crippen molar-refractivity contribution in [2.45, 2.75) is 6.92 Å². The highest BCUT2D eigenvalue weighted by molar-refractivity contribution is 7.21. The number of nitrogen functional groups attached to an aromatic ring is 1. The fraction of sp³-hybridized carbons (Fsp3) is 0.0769. The van der Waals surface area contributed by atoms with Gasteiger partial charge in [-0.3, -0.25) is 4.98 Å². The molecular formula is C13H11N3S. The lowest BCUT2D eigenvalue weighted by Crippen LogP contribution is -1.89. The number of hydrogen-bond donors (Lipinski definition) is 1. The van der Waals surface area contributed by atoms with E-state index in [1.54, 1.807) is 23.7 Å². The van der Waals surface area contributed by atoms with Gasteiger partial charge in [-0.2, -0.15) is 0 Å². The molecule has 0 fully saturated rings. The topological polar surface area (TPSA) is 51.8 Å². The summed E-state index contributed by atoms with van der Waals surface area (Å²) < 4.78 is 1.16. The first-order valence-corrected chi connectivity index (χ1v) is 6.13. The van der Waals surface area contributed by atoms with Crippen molar-refractivity contribution in [1.82, 2.24) is 9.97 Å². The molecule has 0 aliphatic carbocycles. The summed E-state index contributed by atoms with van der Waals surface area (Å²) >= 11 is 1.67. The minimum atomic E-state index is 0.816. The zero-order valence-electron chi connectivity index (χ0n) is 9.34. The molecule has 2 aromatic heterocycles. The maximum atomic E-state index is 5.81. The fourth-order valence-electron chi connectivity index (χ4n) is 1.71. The minimum absolute atomic E-state index is 0.816. The molecule has 84 valence electrons. The molecule has 1 aromatic carbocycles. The van der Waals surface area contributed by atoms with Crippen molar-refractivity contribution in [3.05, 3.63) is 42.2 Å². The van der Waals surface area contributed by atoms with E-state index in [9.17, 15) is 0 Å². The van der Waals surface area contributed by atoms with Crippen molar-refractivity contribution in [1.29, 1.82) is 0 Å². The standard InChI is InChI=1S/C13H11N3S/c1-8-6-9(2-3-10(8)14)13-16-11-7-15-5-4-12(11)17-13/h2-7H,14H2,1H3. The number of nitrogens with two attached hydrogens (primary N) is 1. The zero-order chi connectivity index (χ0) is 11.8. The average molecular weight is 241 g/mol. The minimum Gasteiger partial charge on any atom is -0.399 e. The highest BCUT2D eigenvalue weighted by Crippen LogP contribution is 2.30. The van der Waals surface area contributed by atoms with Gasteiger partial charge in [0.15, 0.2) is 0 Å². The van der Waals surface area contributed by atoms with E-state index in [1.807, 2.05) is 25.1 Å². The molecule has 4 heteroatoms. The van der Waals surface area contributed by atoms with Crippen molar-refractivity contribution in [2.75, 3.05) is 5.73 Å². The SMILES string of the molecule is Cc1cc(-c2nc3cnccc3s2)ccc1N. The third kappa shape index (κ3) is 1.76. The van der Waals surface area contributed by atoms with Gasteiger partial charge in [-0.05, 0) is 36.8 Å². The van der Waals surface area contributed by atoms with Gasteiger partial charge in [0.25, 0.3) is 0 Å². The van der Waals surface area contributed by atoms with E-state index in [2.05, 4.69) is 16.0 Å². The fourth-order valence-corrected chi connectivity index (χ4v) is 2.64. The van der Waals surface area contributed by atoms with Crippen molar-refractivity contribution in [3.8, 4) is 10.6 Å². The third-order valence-electron chi connectivity index (χ3n) is 2.71. The van der Waals surface area contributed by atoms with Crippen LogP contribution >= 0.6 is 11.3 Å². The number of fused-ring (bicyclic) bond motifs is 1. The molecule has 0 saturated carbocycles. The number of aryl methyl sites for hydroxylation is 1. The van der Waals surface area contributed by atoms with Gasteiger partial charge in [0.2, 0.25) is 0 Å². The highest BCUT2D eigenvalue weighted by Gasteiger charge is 2.06. The maximum absolute atomic E-state index is 5.81. The average Bonchev–Trinajstić information content (AvgIpc) is 2.76. The molecule has 0 aliphatic heterocycles. The lowest BCUT2D eigenvalue weighted by atomic mass is 10.1. The Morgan fingerprint density at radius 3 is 2.88 bits per heavy atom. The van der Waals surface area contributed by atoms with Crippen molar-refractivity contribution in [3.63, 3.8) is 0 Å². The highest BCUT2D eigenvalue weighted by atomic mass is 32.1. The normalized spacial score (nSPS) is 10.9. The van der Waals surface area contributed by atoms with Crippen LogP contribution in [0.15, 0.2) is 36.7 Å². The van der Waals surface area contributed by atoms with Gasteiger partial charge < -0.3 is 5.73 Å². The van der Waals surface area contributed by atoms with E-state index in [4.69, 9.17) is 5.73 Å². The van der Waals surface area contributed by atoms with Crippen LogP contribution in [0.5, 0.6) is 0 Å². The van der Waals surface area contributed by atoms with Crippen LogP contribution in [0.2, 0.25) is 0 Å². The molecule has 0 spiro atoms. The summed E-state index contributed by atoms with van der Waals surface area (Å²) in [7, 11) is 0. The first kappa shape index (κ1) is 10.2. The molecule has 3 rings (SSSR count). The Hall–Kier alpha value is -1.94. The Balaban J connectivity index is 2.17. The smallest absolute Gasteiger partial charge is 0.124 e. The Bertz CT molecular complexity index is 655. The number of benzene rings is 1. The van der Waals surface area contributed by atoms with E-state index in [-0.39, 0.29) is 0 Å². The molecular weight excluding hydrogens is 230 g/mol. The summed E-state index contributed by atoms with van der Waals surface area (Å²) in [5, 5.41) is 1.01. The van der Waals surface area contributed by atoms with Crippen LogP contribution in [-0.2, 0) is 0 Å². The predicted molar refractivity (Wildman–Crippen MR) is 72.0 cm³/mol. The Kier molecular flexibility index (Phi) is 2.30. The van der Waals surface area contributed by atoms with Crippen molar-refractivity contribution >= 4 is 27.2 Å². The van der Waals surface area contributed by atoms with Crippen LogP contribution in [0, 0.1) is 6.92 Å². The number of hydrogen-bond acceptors (Lipinski definition) is 4. The van der Waals surface area contributed by atoms with E-state index >= 15 is 0 Å². The summed E-state index contributed by atoms with van der Waals surface area (Å²) in [6.07, 6.45) is 3.58. The van der Waals surface area contributed by atoms with E-state index in [0.717, 1.165) is 32.0 Å². The summed E-state index contributed by atoms with van der Waals surface area (Å²) in [5.41, 5.74) is 9.77. The first-order chi connectivity index (χ1) is 8.24. The molecule has 3 aromatic rings. The quantitative estimate of drug-likeness (QED) is 0.665. The van der Waals surface area contributed by atoms with Crippen molar-refractivity contribution in [2.24, 2.45) is 0 Å². The van der Waals surface area contributed by atoms with Gasteiger partial charge in [0.05, 0.1) is 10.9 Å². The summed E-state index contributed by atoms with van der Waals surface area (Å²) in [6.45, 7) is 2.01. The maximum Gasteiger partial charge on any atom is 0.124 e. The molecule has 2 N–H and O–H groups in total. The Labute approximate surface area is 103 Å².